The summed E-state index contributed by atoms with van der Waals surface area (Å²) in [5.41, 5.74) is 3.87. The van der Waals surface area contributed by atoms with E-state index in [0.29, 0.717) is 13.1 Å². The van der Waals surface area contributed by atoms with Crippen LogP contribution < -0.4 is 10.1 Å². The van der Waals surface area contributed by atoms with Gasteiger partial charge in [-0.1, -0.05) is 42.2 Å². The number of hydrogen-bond donors (Lipinski definition) is 2. The van der Waals surface area contributed by atoms with Crippen molar-refractivity contribution in [1.82, 2.24) is 9.80 Å². The van der Waals surface area contributed by atoms with E-state index in [9.17, 15) is 9.90 Å². The number of anilines is 1. The lowest BCUT2D eigenvalue weighted by atomic mass is 9.75. The number of urea groups is 1. The van der Waals surface area contributed by atoms with E-state index < -0.39 is 0 Å². The van der Waals surface area contributed by atoms with E-state index in [0.717, 1.165) is 35.5 Å². The van der Waals surface area contributed by atoms with Gasteiger partial charge in [0.25, 0.3) is 0 Å². The van der Waals surface area contributed by atoms with Gasteiger partial charge in [-0.15, -0.1) is 0 Å². The number of nitrogens with zero attached hydrogens (tertiary/aromatic N) is 2. The zero-order valence-electron chi connectivity index (χ0n) is 20.4. The predicted molar refractivity (Wildman–Crippen MR) is 141 cm³/mol. The fourth-order valence-corrected chi connectivity index (χ4v) is 5.30. The lowest BCUT2D eigenvalue weighted by molar-refractivity contribution is -0.0404. The predicted octanol–water partition coefficient (Wildman–Crippen LogP) is 4.16. The number of methoxy groups -OCH3 is 1. The molecule has 184 valence electrons. The number of aliphatic hydroxyl groups is 1. The smallest absolute Gasteiger partial charge is 0.321 e. The first kappa shape index (κ1) is 23.9. The van der Waals surface area contributed by atoms with Crippen molar-refractivity contribution in [2.75, 3.05) is 38.7 Å². The van der Waals surface area contributed by atoms with Gasteiger partial charge in [-0.25, -0.2) is 4.79 Å². The molecule has 2 heterocycles. The first-order chi connectivity index (χ1) is 17.7. The molecule has 0 spiro atoms. The van der Waals surface area contributed by atoms with E-state index in [1.807, 2.05) is 71.6 Å². The van der Waals surface area contributed by atoms with E-state index in [-0.39, 0.29) is 30.6 Å². The topological polar surface area (TPSA) is 65.0 Å². The average molecular weight is 482 g/mol. The summed E-state index contributed by atoms with van der Waals surface area (Å²) in [5.74, 6) is 7.35. The van der Waals surface area contributed by atoms with Crippen LogP contribution in [-0.2, 0) is 0 Å². The van der Waals surface area contributed by atoms with Crippen LogP contribution >= 0.6 is 0 Å². The minimum absolute atomic E-state index is 0.0702. The molecule has 3 atom stereocenters. The molecule has 0 radical (unpaired) electrons. The molecule has 6 heteroatoms. The molecule has 2 fully saturated rings. The summed E-state index contributed by atoms with van der Waals surface area (Å²) in [7, 11) is 1.62. The molecule has 2 saturated heterocycles. The second kappa shape index (κ2) is 10.9. The zero-order valence-corrected chi connectivity index (χ0v) is 20.4. The molecule has 0 aromatic heterocycles. The van der Waals surface area contributed by atoms with Crippen LogP contribution in [0.15, 0.2) is 78.9 Å². The molecule has 3 aromatic carbocycles. The summed E-state index contributed by atoms with van der Waals surface area (Å²) in [6.45, 7) is 2.29. The fourth-order valence-electron chi connectivity index (χ4n) is 5.30. The van der Waals surface area contributed by atoms with Gasteiger partial charge in [-0.3, -0.25) is 4.90 Å². The second-order valence-corrected chi connectivity index (χ2v) is 9.28. The van der Waals surface area contributed by atoms with Crippen molar-refractivity contribution in [2.45, 2.75) is 24.4 Å². The molecule has 0 aliphatic carbocycles. The number of ether oxygens (including phenoxy) is 1. The van der Waals surface area contributed by atoms with Crippen LogP contribution in [0.2, 0.25) is 0 Å². The van der Waals surface area contributed by atoms with Gasteiger partial charge in [0, 0.05) is 54.5 Å². The van der Waals surface area contributed by atoms with E-state index in [2.05, 4.69) is 34.2 Å². The maximum absolute atomic E-state index is 13.1. The van der Waals surface area contributed by atoms with E-state index >= 15 is 0 Å². The van der Waals surface area contributed by atoms with Crippen LogP contribution in [0.1, 0.15) is 29.0 Å². The molecule has 6 nitrogen and oxygen atoms in total. The molecule has 2 amide bonds. The van der Waals surface area contributed by atoms with Gasteiger partial charge < -0.3 is 20.1 Å². The maximum atomic E-state index is 13.1. The number of fused-ring (bicyclic) bond motifs is 1. The molecule has 36 heavy (non-hydrogen) atoms. The van der Waals surface area contributed by atoms with Gasteiger partial charge in [0.05, 0.1) is 13.7 Å². The highest BCUT2D eigenvalue weighted by molar-refractivity contribution is 5.89. The molecule has 5 rings (SSSR count). The first-order valence-corrected chi connectivity index (χ1v) is 12.4. The van der Waals surface area contributed by atoms with Gasteiger partial charge in [0.1, 0.15) is 5.75 Å². The van der Waals surface area contributed by atoms with Crippen LogP contribution in [-0.4, -0.2) is 66.4 Å². The highest BCUT2D eigenvalue weighted by atomic mass is 16.5. The normalized spacial score (nSPS) is 21.3. The van der Waals surface area contributed by atoms with Crippen LogP contribution in [0, 0.1) is 11.8 Å². The third-order valence-electron chi connectivity index (χ3n) is 7.17. The van der Waals surface area contributed by atoms with Crippen molar-refractivity contribution in [1.29, 1.82) is 0 Å². The molecular weight excluding hydrogens is 450 g/mol. The van der Waals surface area contributed by atoms with Crippen LogP contribution in [0.5, 0.6) is 5.75 Å². The minimum Gasteiger partial charge on any atom is -0.497 e. The molecule has 2 aliphatic heterocycles. The Morgan fingerprint density at radius 2 is 1.67 bits per heavy atom. The minimum atomic E-state index is -0.0975. The summed E-state index contributed by atoms with van der Waals surface area (Å²) in [6, 6.07) is 25.8. The number of benzene rings is 3. The van der Waals surface area contributed by atoms with Crippen molar-refractivity contribution in [3.63, 3.8) is 0 Å². The Morgan fingerprint density at radius 1 is 0.972 bits per heavy atom. The second-order valence-electron chi connectivity index (χ2n) is 9.28. The number of carbonyl (C=O) groups excluding carboxylic acids is 1. The number of hydrogen-bond acceptors (Lipinski definition) is 4. The summed E-state index contributed by atoms with van der Waals surface area (Å²) in [4.78, 5) is 17.3. The summed E-state index contributed by atoms with van der Waals surface area (Å²) >= 11 is 0. The van der Waals surface area contributed by atoms with Gasteiger partial charge in [0.2, 0.25) is 0 Å². The van der Waals surface area contributed by atoms with Gasteiger partial charge in [-0.05, 0) is 60.5 Å². The Bertz CT molecular complexity index is 1230. The number of aliphatic hydroxyl groups excluding tert-OH is 1. The largest absolute Gasteiger partial charge is 0.497 e. The Morgan fingerprint density at radius 3 is 2.33 bits per heavy atom. The highest BCUT2D eigenvalue weighted by Gasteiger charge is 2.50. The molecule has 2 N–H and O–H groups in total. The molecular formula is C30H31N3O3. The average Bonchev–Trinajstić information content (AvgIpc) is 3.10. The van der Waals surface area contributed by atoms with E-state index in [4.69, 9.17) is 4.74 Å². The fraction of sp³-hybridized carbons (Fsp3) is 0.300. The number of amides is 2. The third kappa shape index (κ3) is 5.08. The van der Waals surface area contributed by atoms with E-state index in [1.54, 1.807) is 7.11 Å². The highest BCUT2D eigenvalue weighted by Crippen LogP contribution is 2.42. The van der Waals surface area contributed by atoms with Crippen LogP contribution in [0.3, 0.4) is 0 Å². The zero-order chi connectivity index (χ0) is 24.9. The molecule has 2 aliphatic rings. The Kier molecular flexibility index (Phi) is 7.22. The number of carbonyl (C=O) groups is 1. The Labute approximate surface area is 212 Å². The quantitative estimate of drug-likeness (QED) is 0.550. The van der Waals surface area contributed by atoms with Gasteiger partial charge >= 0.3 is 6.03 Å². The summed E-state index contributed by atoms with van der Waals surface area (Å²) < 4.78 is 5.20. The SMILES string of the molecule is COc1ccc(NC(=O)N2CCCN3C(CO)C(c4ccc(C#Cc5ccccc5)cc4)C3C2)cc1. The van der Waals surface area contributed by atoms with E-state index in [1.165, 1.54) is 5.56 Å². The van der Waals surface area contributed by atoms with Crippen molar-refractivity contribution in [2.24, 2.45) is 0 Å². The summed E-state index contributed by atoms with van der Waals surface area (Å²) in [5, 5.41) is 13.2. The van der Waals surface area contributed by atoms with Crippen molar-refractivity contribution < 1.29 is 14.6 Å². The molecule has 3 unspecified atom stereocenters. The monoisotopic (exact) mass is 481 g/mol. The van der Waals surface area contributed by atoms with Crippen molar-refractivity contribution in [3.8, 4) is 17.6 Å². The lowest BCUT2D eigenvalue weighted by Crippen LogP contribution is -2.66. The van der Waals surface area contributed by atoms with Crippen LogP contribution in [0.25, 0.3) is 0 Å². The van der Waals surface area contributed by atoms with Gasteiger partial charge in [0.15, 0.2) is 0 Å². The van der Waals surface area contributed by atoms with Crippen molar-refractivity contribution in [3.05, 3.63) is 95.6 Å². The standard InChI is InChI=1S/C30H31N3O3/c1-36-26-16-14-25(15-17-26)31-30(35)32-18-5-19-33-27(20-32)29(28(33)21-34)24-12-10-23(11-13-24)9-8-22-6-3-2-4-7-22/h2-4,6-7,10-17,27-29,34H,5,18-21H2,1H3,(H,31,35). The lowest BCUT2D eigenvalue weighted by Gasteiger charge is -2.55. The van der Waals surface area contributed by atoms with Crippen LogP contribution in [0.4, 0.5) is 10.5 Å². The first-order valence-electron chi connectivity index (χ1n) is 12.4. The maximum Gasteiger partial charge on any atom is 0.321 e. The molecule has 3 aromatic rings. The molecule has 0 bridgehead atoms. The number of rotatable bonds is 4. The van der Waals surface area contributed by atoms with Gasteiger partial charge in [-0.2, -0.15) is 0 Å². The summed E-state index contributed by atoms with van der Waals surface area (Å²) in [6.07, 6.45) is 0.879. The Hall–Kier alpha value is -3.79. The Balaban J connectivity index is 1.28. The molecule has 0 saturated carbocycles. The van der Waals surface area contributed by atoms with Crippen molar-refractivity contribution >= 4 is 11.7 Å². The third-order valence-corrected chi connectivity index (χ3v) is 7.17. The number of nitrogens with one attached hydrogen (secondary N) is 1.